The molecule has 20 heavy (non-hydrogen) atoms. The van der Waals surface area contributed by atoms with E-state index < -0.39 is 0 Å². The van der Waals surface area contributed by atoms with Gasteiger partial charge in [-0.1, -0.05) is 0 Å². The number of likely N-dealkylation sites (tertiary alicyclic amines) is 1. The van der Waals surface area contributed by atoms with Gasteiger partial charge < -0.3 is 9.47 Å². The zero-order valence-electron chi connectivity index (χ0n) is 11.9. The largest absolute Gasteiger partial charge is 0.493 e. The van der Waals surface area contributed by atoms with E-state index in [4.69, 9.17) is 9.47 Å². The summed E-state index contributed by atoms with van der Waals surface area (Å²) in [5.74, 6) is 1.12. The third-order valence-electron chi connectivity index (χ3n) is 4.17. The molecule has 1 saturated heterocycles. The number of carbonyl (C=O) groups is 1. The fraction of sp³-hybridized carbons (Fsp3) is 0.562. The van der Waals surface area contributed by atoms with Crippen LogP contribution in [0.25, 0.3) is 0 Å². The van der Waals surface area contributed by atoms with Crippen molar-refractivity contribution < 1.29 is 14.3 Å². The van der Waals surface area contributed by atoms with Gasteiger partial charge >= 0.3 is 0 Å². The maximum atomic E-state index is 12.4. The summed E-state index contributed by atoms with van der Waals surface area (Å²) in [6.45, 7) is 3.06. The topological polar surface area (TPSA) is 38.8 Å². The molecule has 1 aromatic carbocycles. The summed E-state index contributed by atoms with van der Waals surface area (Å²) in [5.41, 5.74) is 1.96. The van der Waals surface area contributed by atoms with Crippen LogP contribution in [-0.2, 0) is 11.2 Å². The van der Waals surface area contributed by atoms with Gasteiger partial charge in [-0.05, 0) is 43.1 Å². The summed E-state index contributed by atoms with van der Waals surface area (Å²) in [4.78, 5) is 14.6. The maximum absolute atomic E-state index is 12.4. The van der Waals surface area contributed by atoms with Gasteiger partial charge in [0.05, 0.1) is 19.3 Å². The molecule has 1 aromatic rings. The lowest BCUT2D eigenvalue weighted by Crippen LogP contribution is -2.41. The maximum Gasteiger partial charge on any atom is 0.176 e. The second kappa shape index (κ2) is 5.94. The molecule has 0 radical (unpaired) electrons. The predicted octanol–water partition coefficient (Wildman–Crippen LogP) is 1.91. The van der Waals surface area contributed by atoms with E-state index in [0.717, 1.165) is 55.8 Å². The normalized spacial score (nSPS) is 22.4. The molecule has 4 heteroatoms. The Morgan fingerprint density at radius 1 is 1.50 bits per heavy atom. The number of nitrogens with zero attached hydrogens (tertiary/aromatic N) is 1. The van der Waals surface area contributed by atoms with Crippen molar-refractivity contribution in [2.45, 2.75) is 25.4 Å². The smallest absolute Gasteiger partial charge is 0.176 e. The first-order valence-electron chi connectivity index (χ1n) is 7.30. The van der Waals surface area contributed by atoms with Crippen LogP contribution in [0.3, 0.4) is 0 Å². The highest BCUT2D eigenvalue weighted by atomic mass is 16.5. The molecule has 108 valence electrons. The Morgan fingerprint density at radius 2 is 2.40 bits per heavy atom. The summed E-state index contributed by atoms with van der Waals surface area (Å²) in [6, 6.07) is 5.79. The van der Waals surface area contributed by atoms with Crippen LogP contribution < -0.4 is 4.74 Å². The van der Waals surface area contributed by atoms with Crippen LogP contribution in [0.5, 0.6) is 5.75 Å². The van der Waals surface area contributed by atoms with Crippen LogP contribution in [-0.4, -0.2) is 50.1 Å². The van der Waals surface area contributed by atoms with Gasteiger partial charge in [0.25, 0.3) is 0 Å². The summed E-state index contributed by atoms with van der Waals surface area (Å²) < 4.78 is 10.9. The van der Waals surface area contributed by atoms with Gasteiger partial charge in [-0.2, -0.15) is 0 Å². The van der Waals surface area contributed by atoms with E-state index in [1.54, 1.807) is 7.11 Å². The van der Waals surface area contributed by atoms with Crippen LogP contribution >= 0.6 is 0 Å². The number of carbonyl (C=O) groups excluding carboxylic acids is 1. The number of rotatable bonds is 4. The SMILES string of the molecule is COC1CCCN(CC(=O)c2ccc3c(c2)CCO3)C1. The van der Waals surface area contributed by atoms with E-state index in [1.165, 1.54) is 0 Å². The van der Waals surface area contributed by atoms with Gasteiger partial charge in [0.2, 0.25) is 0 Å². The highest BCUT2D eigenvalue weighted by molar-refractivity contribution is 5.98. The fourth-order valence-corrected chi connectivity index (χ4v) is 3.00. The van der Waals surface area contributed by atoms with E-state index in [2.05, 4.69) is 4.90 Å². The summed E-state index contributed by atoms with van der Waals surface area (Å²) in [5, 5.41) is 0. The van der Waals surface area contributed by atoms with Crippen LogP contribution in [0, 0.1) is 0 Å². The lowest BCUT2D eigenvalue weighted by Gasteiger charge is -2.31. The molecule has 0 aliphatic carbocycles. The van der Waals surface area contributed by atoms with E-state index >= 15 is 0 Å². The second-order valence-electron chi connectivity index (χ2n) is 5.58. The van der Waals surface area contributed by atoms with Gasteiger partial charge in [-0.25, -0.2) is 0 Å². The number of methoxy groups -OCH3 is 1. The second-order valence-corrected chi connectivity index (χ2v) is 5.58. The molecule has 0 saturated carbocycles. The van der Waals surface area contributed by atoms with Gasteiger partial charge in [0.1, 0.15) is 5.75 Å². The van der Waals surface area contributed by atoms with E-state index in [0.29, 0.717) is 6.54 Å². The van der Waals surface area contributed by atoms with Gasteiger partial charge in [0, 0.05) is 25.6 Å². The average molecular weight is 275 g/mol. The number of ketones is 1. The minimum Gasteiger partial charge on any atom is -0.493 e. The first-order valence-corrected chi connectivity index (χ1v) is 7.30. The predicted molar refractivity (Wildman–Crippen MR) is 76.4 cm³/mol. The monoisotopic (exact) mass is 275 g/mol. The van der Waals surface area contributed by atoms with Crippen LogP contribution in [0.2, 0.25) is 0 Å². The van der Waals surface area contributed by atoms with Crippen molar-refractivity contribution in [3.63, 3.8) is 0 Å². The molecule has 4 nitrogen and oxygen atoms in total. The lowest BCUT2D eigenvalue weighted by atomic mass is 10.0. The van der Waals surface area contributed by atoms with E-state index in [-0.39, 0.29) is 11.9 Å². The third kappa shape index (κ3) is 2.86. The number of hydrogen-bond donors (Lipinski definition) is 0. The molecule has 2 heterocycles. The van der Waals surface area contributed by atoms with E-state index in [1.807, 2.05) is 18.2 Å². The Kier molecular flexibility index (Phi) is 4.03. The average Bonchev–Trinajstić information content (AvgIpc) is 2.94. The molecule has 0 N–H and O–H groups in total. The van der Waals surface area contributed by atoms with Crippen LogP contribution in [0.4, 0.5) is 0 Å². The summed E-state index contributed by atoms with van der Waals surface area (Å²) in [6.07, 6.45) is 3.37. The Morgan fingerprint density at radius 3 is 3.25 bits per heavy atom. The first-order chi connectivity index (χ1) is 9.76. The standard InChI is InChI=1S/C16H21NO3/c1-19-14-3-2-7-17(10-14)11-15(18)12-4-5-16-13(9-12)6-8-20-16/h4-5,9,14H,2-3,6-8,10-11H2,1H3. The summed E-state index contributed by atoms with van der Waals surface area (Å²) >= 11 is 0. The van der Waals surface area contributed by atoms with E-state index in [9.17, 15) is 4.79 Å². The molecule has 2 aliphatic rings. The fourth-order valence-electron chi connectivity index (χ4n) is 3.00. The molecule has 1 unspecified atom stereocenters. The number of Topliss-reactive ketones (excluding diaryl/α,β-unsaturated/α-hetero) is 1. The van der Waals surface area contributed by atoms with Crippen molar-refractivity contribution in [3.05, 3.63) is 29.3 Å². The van der Waals surface area contributed by atoms with Crippen LogP contribution in [0.15, 0.2) is 18.2 Å². The minimum absolute atomic E-state index is 0.191. The molecule has 0 bridgehead atoms. The minimum atomic E-state index is 0.191. The third-order valence-corrected chi connectivity index (χ3v) is 4.17. The van der Waals surface area contributed by atoms with Crippen molar-refractivity contribution in [2.75, 3.05) is 33.4 Å². The van der Waals surface area contributed by atoms with Gasteiger partial charge in [-0.15, -0.1) is 0 Å². The molecule has 0 spiro atoms. The molecular formula is C16H21NO3. The zero-order valence-corrected chi connectivity index (χ0v) is 11.9. The molecule has 0 aromatic heterocycles. The first kappa shape index (κ1) is 13.6. The molecule has 3 rings (SSSR count). The van der Waals surface area contributed by atoms with Crippen molar-refractivity contribution in [1.29, 1.82) is 0 Å². The Hall–Kier alpha value is -1.39. The van der Waals surface area contributed by atoms with Crippen molar-refractivity contribution in [3.8, 4) is 5.75 Å². The molecular weight excluding hydrogens is 254 g/mol. The molecule has 2 aliphatic heterocycles. The number of ether oxygens (including phenoxy) is 2. The Labute approximate surface area is 119 Å². The highest BCUT2D eigenvalue weighted by Crippen LogP contribution is 2.26. The highest BCUT2D eigenvalue weighted by Gasteiger charge is 2.22. The van der Waals surface area contributed by atoms with Crippen LogP contribution in [0.1, 0.15) is 28.8 Å². The Balaban J connectivity index is 1.64. The van der Waals surface area contributed by atoms with Gasteiger partial charge in [-0.3, -0.25) is 9.69 Å². The summed E-state index contributed by atoms with van der Waals surface area (Å²) in [7, 11) is 1.75. The number of hydrogen-bond acceptors (Lipinski definition) is 4. The molecule has 0 amide bonds. The molecule has 1 fully saturated rings. The molecule has 1 atom stereocenters. The van der Waals surface area contributed by atoms with Crippen molar-refractivity contribution >= 4 is 5.78 Å². The number of benzene rings is 1. The number of fused-ring (bicyclic) bond motifs is 1. The van der Waals surface area contributed by atoms with Crippen molar-refractivity contribution in [2.24, 2.45) is 0 Å². The quantitative estimate of drug-likeness (QED) is 0.787. The Bertz CT molecular complexity index is 500. The van der Waals surface area contributed by atoms with Crippen molar-refractivity contribution in [1.82, 2.24) is 4.90 Å². The number of piperidine rings is 1. The zero-order chi connectivity index (χ0) is 13.9. The van der Waals surface area contributed by atoms with Gasteiger partial charge in [0.15, 0.2) is 5.78 Å². The lowest BCUT2D eigenvalue weighted by molar-refractivity contribution is 0.0314.